The van der Waals surface area contributed by atoms with Crippen molar-refractivity contribution in [3.63, 3.8) is 0 Å². The summed E-state index contributed by atoms with van der Waals surface area (Å²) in [6.07, 6.45) is 12.5. The molecule has 1 aliphatic carbocycles. The molecule has 1 aromatic rings. The number of imidazole rings is 1. The molecule has 1 saturated carbocycles. The lowest BCUT2D eigenvalue weighted by Gasteiger charge is -2.23. The first-order chi connectivity index (χ1) is 8.81. The minimum atomic E-state index is 0.616. The predicted molar refractivity (Wildman–Crippen MR) is 75.4 cm³/mol. The molecule has 102 valence electrons. The molecule has 1 heterocycles. The van der Waals surface area contributed by atoms with E-state index in [4.69, 9.17) is 0 Å². The quantitative estimate of drug-likeness (QED) is 0.811. The molecule has 0 radical (unpaired) electrons. The highest BCUT2D eigenvalue weighted by atomic mass is 15.1. The van der Waals surface area contributed by atoms with E-state index in [2.05, 4.69) is 34.9 Å². The molecule has 0 unspecified atom stereocenters. The van der Waals surface area contributed by atoms with Crippen LogP contribution in [0, 0.1) is 5.92 Å². The number of aryl methyl sites for hydroxylation is 1. The summed E-state index contributed by atoms with van der Waals surface area (Å²) < 4.78 is 2.22. The third-order valence-corrected chi connectivity index (χ3v) is 4.33. The van der Waals surface area contributed by atoms with Gasteiger partial charge in [0.2, 0.25) is 0 Å². The van der Waals surface area contributed by atoms with E-state index in [0.29, 0.717) is 6.04 Å². The molecule has 1 N–H and O–H groups in total. The highest BCUT2D eigenvalue weighted by Crippen LogP contribution is 2.25. The second-order valence-corrected chi connectivity index (χ2v) is 5.55. The zero-order valence-corrected chi connectivity index (χ0v) is 11.9. The summed E-state index contributed by atoms with van der Waals surface area (Å²) in [5.41, 5.74) is 0. The van der Waals surface area contributed by atoms with Crippen LogP contribution in [0.4, 0.5) is 0 Å². The van der Waals surface area contributed by atoms with Crippen LogP contribution >= 0.6 is 0 Å². The molecular formula is C15H27N3. The van der Waals surface area contributed by atoms with E-state index in [1.807, 2.05) is 6.20 Å². The van der Waals surface area contributed by atoms with E-state index in [1.165, 1.54) is 38.5 Å². The first-order valence-corrected chi connectivity index (χ1v) is 7.54. The molecular weight excluding hydrogens is 222 g/mol. The van der Waals surface area contributed by atoms with Gasteiger partial charge in [-0.3, -0.25) is 0 Å². The summed E-state index contributed by atoms with van der Waals surface area (Å²) in [6, 6.07) is 0.616. The maximum atomic E-state index is 4.42. The van der Waals surface area contributed by atoms with E-state index in [9.17, 15) is 0 Å². The highest BCUT2D eigenvalue weighted by Gasteiger charge is 2.18. The van der Waals surface area contributed by atoms with Gasteiger partial charge < -0.3 is 9.88 Å². The minimum Gasteiger partial charge on any atom is -0.334 e. The lowest BCUT2D eigenvalue weighted by atomic mass is 9.93. The Morgan fingerprint density at radius 3 is 2.72 bits per heavy atom. The predicted octanol–water partition coefficient (Wildman–Crippen LogP) is 3.35. The van der Waals surface area contributed by atoms with Gasteiger partial charge >= 0.3 is 0 Å². The van der Waals surface area contributed by atoms with Crippen LogP contribution in [-0.2, 0) is 13.1 Å². The standard InChI is InChI=1S/C15H27N3/c1-3-18-11-10-16-15(18)12-17-13(2)14-8-6-4-5-7-9-14/h10-11,13-14,17H,3-9,12H2,1-2H3/t13-/m0/s1. The molecule has 0 bridgehead atoms. The third-order valence-electron chi connectivity index (χ3n) is 4.33. The van der Waals surface area contributed by atoms with Crippen molar-refractivity contribution in [1.29, 1.82) is 0 Å². The van der Waals surface area contributed by atoms with Gasteiger partial charge in [-0.1, -0.05) is 25.7 Å². The number of rotatable bonds is 5. The van der Waals surface area contributed by atoms with Crippen molar-refractivity contribution < 1.29 is 0 Å². The number of hydrogen-bond donors (Lipinski definition) is 1. The van der Waals surface area contributed by atoms with Crippen LogP contribution in [0.1, 0.15) is 58.2 Å². The fourth-order valence-electron chi connectivity index (χ4n) is 3.03. The summed E-state index contributed by atoms with van der Waals surface area (Å²) in [4.78, 5) is 4.42. The largest absolute Gasteiger partial charge is 0.334 e. The Balaban J connectivity index is 1.81. The van der Waals surface area contributed by atoms with Gasteiger partial charge in [-0.25, -0.2) is 4.98 Å². The van der Waals surface area contributed by atoms with Crippen LogP contribution in [0.2, 0.25) is 0 Å². The first kappa shape index (κ1) is 13.6. The number of nitrogens with zero attached hydrogens (tertiary/aromatic N) is 2. The van der Waals surface area contributed by atoms with Crippen molar-refractivity contribution in [3.8, 4) is 0 Å². The number of aromatic nitrogens is 2. The zero-order valence-electron chi connectivity index (χ0n) is 11.9. The van der Waals surface area contributed by atoms with Gasteiger partial charge in [-0.05, 0) is 32.6 Å². The molecule has 1 atom stereocenters. The molecule has 0 aromatic carbocycles. The molecule has 3 nitrogen and oxygen atoms in total. The second kappa shape index (κ2) is 6.93. The molecule has 3 heteroatoms. The SMILES string of the molecule is CCn1ccnc1CN[C@@H](C)C1CCCCCC1. The Bertz CT molecular complexity index is 337. The molecule has 18 heavy (non-hydrogen) atoms. The van der Waals surface area contributed by atoms with E-state index in [-0.39, 0.29) is 0 Å². The van der Waals surface area contributed by atoms with Gasteiger partial charge in [0.15, 0.2) is 0 Å². The molecule has 0 amide bonds. The van der Waals surface area contributed by atoms with E-state index in [0.717, 1.165) is 24.8 Å². The average Bonchev–Trinajstić information content (AvgIpc) is 2.67. The van der Waals surface area contributed by atoms with Gasteiger partial charge in [0.1, 0.15) is 5.82 Å². The van der Waals surface area contributed by atoms with Crippen LogP contribution in [0.3, 0.4) is 0 Å². The van der Waals surface area contributed by atoms with Crippen LogP contribution in [0.25, 0.3) is 0 Å². The smallest absolute Gasteiger partial charge is 0.122 e. The Kier molecular flexibility index (Phi) is 5.24. The van der Waals surface area contributed by atoms with E-state index < -0.39 is 0 Å². The normalized spacial score (nSPS) is 19.7. The maximum absolute atomic E-state index is 4.42. The fraction of sp³-hybridized carbons (Fsp3) is 0.800. The first-order valence-electron chi connectivity index (χ1n) is 7.54. The summed E-state index contributed by atoms with van der Waals surface area (Å²) in [5.74, 6) is 2.02. The third kappa shape index (κ3) is 3.58. The average molecular weight is 249 g/mol. The molecule has 1 aromatic heterocycles. The Hall–Kier alpha value is -0.830. The van der Waals surface area contributed by atoms with Crippen LogP contribution < -0.4 is 5.32 Å². The van der Waals surface area contributed by atoms with Gasteiger partial charge in [0, 0.05) is 25.0 Å². The van der Waals surface area contributed by atoms with Gasteiger partial charge in [-0.2, -0.15) is 0 Å². The van der Waals surface area contributed by atoms with Crippen molar-refractivity contribution >= 4 is 0 Å². The molecule has 1 fully saturated rings. The fourth-order valence-corrected chi connectivity index (χ4v) is 3.03. The lowest BCUT2D eigenvalue weighted by Crippen LogP contribution is -2.33. The summed E-state index contributed by atoms with van der Waals surface area (Å²) in [6.45, 7) is 6.42. The van der Waals surface area contributed by atoms with Gasteiger partial charge in [-0.15, -0.1) is 0 Å². The molecule has 0 saturated heterocycles. The number of nitrogens with one attached hydrogen (secondary N) is 1. The molecule has 0 spiro atoms. The van der Waals surface area contributed by atoms with Crippen LogP contribution in [-0.4, -0.2) is 15.6 Å². The van der Waals surface area contributed by atoms with Gasteiger partial charge in [0.25, 0.3) is 0 Å². The van der Waals surface area contributed by atoms with Crippen molar-refractivity contribution in [1.82, 2.24) is 14.9 Å². The minimum absolute atomic E-state index is 0.616. The maximum Gasteiger partial charge on any atom is 0.122 e. The Labute approximate surface area is 111 Å². The zero-order chi connectivity index (χ0) is 12.8. The van der Waals surface area contributed by atoms with E-state index >= 15 is 0 Å². The summed E-state index contributed by atoms with van der Waals surface area (Å²) in [7, 11) is 0. The van der Waals surface area contributed by atoms with Crippen molar-refractivity contribution in [2.75, 3.05) is 0 Å². The Morgan fingerprint density at radius 2 is 2.06 bits per heavy atom. The summed E-state index contributed by atoms with van der Waals surface area (Å²) in [5, 5.41) is 3.67. The van der Waals surface area contributed by atoms with Crippen molar-refractivity contribution in [3.05, 3.63) is 18.2 Å². The van der Waals surface area contributed by atoms with Crippen LogP contribution in [0.5, 0.6) is 0 Å². The molecule has 1 aliphatic rings. The highest BCUT2D eigenvalue weighted by molar-refractivity contribution is 4.92. The Morgan fingerprint density at radius 1 is 1.33 bits per heavy atom. The van der Waals surface area contributed by atoms with E-state index in [1.54, 1.807) is 0 Å². The number of hydrogen-bond acceptors (Lipinski definition) is 2. The lowest BCUT2D eigenvalue weighted by molar-refractivity contribution is 0.333. The van der Waals surface area contributed by atoms with Crippen LogP contribution in [0.15, 0.2) is 12.4 Å². The second-order valence-electron chi connectivity index (χ2n) is 5.55. The summed E-state index contributed by atoms with van der Waals surface area (Å²) >= 11 is 0. The molecule has 2 rings (SSSR count). The topological polar surface area (TPSA) is 29.9 Å². The van der Waals surface area contributed by atoms with Gasteiger partial charge in [0.05, 0.1) is 6.54 Å². The van der Waals surface area contributed by atoms with Crippen molar-refractivity contribution in [2.45, 2.75) is 71.5 Å². The van der Waals surface area contributed by atoms with Crippen molar-refractivity contribution in [2.24, 2.45) is 5.92 Å². The monoisotopic (exact) mass is 249 g/mol. The molecule has 0 aliphatic heterocycles.